The monoisotopic (exact) mass is 778 g/mol. The normalized spacial score (nSPS) is 25.4. The third-order valence-corrected chi connectivity index (χ3v) is 12.7. The van der Waals surface area contributed by atoms with E-state index in [1.807, 2.05) is 12.1 Å². The number of benzene rings is 3. The Hall–Kier alpha value is -3.96. The molecule has 0 amide bonds. The number of carbonyl (C=O) groups excluding carboxylic acids is 1. The van der Waals surface area contributed by atoms with Gasteiger partial charge in [0.1, 0.15) is 11.6 Å². The van der Waals surface area contributed by atoms with Crippen LogP contribution >= 0.6 is 11.6 Å². The lowest BCUT2D eigenvalue weighted by atomic mass is 9.64. The number of carbonyl (C=O) groups is 1. The lowest BCUT2D eigenvalue weighted by molar-refractivity contribution is -0.137. The fourth-order valence-electron chi connectivity index (χ4n) is 9.01. The second-order valence-electron chi connectivity index (χ2n) is 15.9. The summed E-state index contributed by atoms with van der Waals surface area (Å²) in [5, 5.41) is 23.8. The molecule has 1 saturated heterocycles. The Bertz CT molecular complexity index is 2060. The van der Waals surface area contributed by atoms with Gasteiger partial charge in [-0.15, -0.1) is 0 Å². The molecule has 11 heteroatoms. The lowest BCUT2D eigenvalue weighted by Gasteiger charge is -2.47. The van der Waals surface area contributed by atoms with Crippen molar-refractivity contribution in [2.24, 2.45) is 5.41 Å². The van der Waals surface area contributed by atoms with Gasteiger partial charge in [0.05, 0.1) is 22.3 Å². The summed E-state index contributed by atoms with van der Waals surface area (Å²) in [6.07, 6.45) is 1.16. The van der Waals surface area contributed by atoms with E-state index < -0.39 is 34.6 Å². The van der Waals surface area contributed by atoms with Crippen molar-refractivity contribution < 1.29 is 37.0 Å². The van der Waals surface area contributed by atoms with Gasteiger partial charge in [-0.05, 0) is 130 Å². The first-order valence-electron chi connectivity index (χ1n) is 19.1. The molecule has 3 aromatic carbocycles. The molecule has 0 radical (unpaired) electrons. The Morgan fingerprint density at radius 1 is 0.964 bits per heavy atom. The Kier molecular flexibility index (Phi) is 11.1. The molecule has 8 rings (SSSR count). The van der Waals surface area contributed by atoms with Gasteiger partial charge < -0.3 is 19.5 Å². The highest BCUT2D eigenvalue weighted by molar-refractivity contribution is 6.33. The molecule has 4 aliphatic rings. The minimum absolute atomic E-state index is 0.0253. The molecular weight excluding hydrogens is 732 g/mol. The number of β-amino-alcohol motifs (C(OH)–C–C–N with tert-alkyl or cyclic N) is 1. The van der Waals surface area contributed by atoms with Crippen LogP contribution in [-0.2, 0) is 12.6 Å². The van der Waals surface area contributed by atoms with Crippen molar-refractivity contribution in [3.05, 3.63) is 123 Å². The van der Waals surface area contributed by atoms with Gasteiger partial charge in [0.15, 0.2) is 5.76 Å². The highest BCUT2D eigenvalue weighted by atomic mass is 35.5. The van der Waals surface area contributed by atoms with Crippen LogP contribution in [0.3, 0.4) is 0 Å². The van der Waals surface area contributed by atoms with Gasteiger partial charge in [0.25, 0.3) is 0 Å². The van der Waals surface area contributed by atoms with E-state index in [4.69, 9.17) is 16.0 Å². The molecule has 4 aromatic rings. The third-order valence-electron chi connectivity index (χ3n) is 12.4. The topological polar surface area (TPSA) is 77.2 Å². The minimum atomic E-state index is -4.59. The van der Waals surface area contributed by atoms with Crippen LogP contribution in [0.5, 0.6) is 0 Å². The number of aliphatic hydroxyl groups excluding tert-OH is 1. The minimum Gasteiger partial charge on any atom is -0.453 e. The molecule has 3 aliphatic carbocycles. The Balaban J connectivity index is 1.22. The number of nitrogens with zero attached hydrogens (tertiary/aromatic N) is 2. The molecule has 6 nitrogen and oxygen atoms in total. The van der Waals surface area contributed by atoms with E-state index >= 15 is 0 Å². The Morgan fingerprint density at radius 2 is 1.71 bits per heavy atom. The second kappa shape index (κ2) is 15.5. The van der Waals surface area contributed by atoms with Crippen molar-refractivity contribution in [1.82, 2.24) is 4.90 Å². The van der Waals surface area contributed by atoms with Crippen LogP contribution in [0, 0.1) is 11.2 Å². The van der Waals surface area contributed by atoms with Crippen molar-refractivity contribution >= 4 is 23.1 Å². The zero-order valence-electron chi connectivity index (χ0n) is 31.1. The molecule has 4 atom stereocenters. The molecule has 2 fully saturated rings. The molecule has 2 heterocycles. The molecule has 4 unspecified atom stereocenters. The number of aliphatic hydroxyl groups is 2. The van der Waals surface area contributed by atoms with E-state index in [0.717, 1.165) is 74.0 Å². The summed E-state index contributed by atoms with van der Waals surface area (Å²) in [5.41, 5.74) is 1.51. The van der Waals surface area contributed by atoms with E-state index in [9.17, 15) is 32.6 Å². The number of ketones is 1. The average molecular weight is 779 g/mol. The summed E-state index contributed by atoms with van der Waals surface area (Å²) in [6, 6.07) is 18.1. The maximum Gasteiger partial charge on any atom is 0.416 e. The van der Waals surface area contributed by atoms with Crippen LogP contribution in [0.2, 0.25) is 5.02 Å². The van der Waals surface area contributed by atoms with Crippen LogP contribution in [0.1, 0.15) is 91.1 Å². The van der Waals surface area contributed by atoms with Crippen LogP contribution in [-0.4, -0.2) is 65.3 Å². The van der Waals surface area contributed by atoms with Crippen LogP contribution < -0.4 is 4.90 Å². The Morgan fingerprint density at radius 3 is 2.44 bits per heavy atom. The zero-order chi connectivity index (χ0) is 39.1. The number of anilines is 1. The Labute approximate surface area is 324 Å². The number of hydrogen-bond acceptors (Lipinski definition) is 6. The first kappa shape index (κ1) is 39.3. The summed E-state index contributed by atoms with van der Waals surface area (Å²) >= 11 is 6.32. The number of rotatable bonds is 6. The quantitative estimate of drug-likeness (QED) is 0.115. The predicted molar refractivity (Wildman–Crippen MR) is 206 cm³/mol. The molecule has 2 N–H and O–H groups in total. The standard InChI is InChI=1S/C44H47ClF4N2O4/c1-28-4-3-18-42(2)37(17-19-43(42,54)27-50-20-22-51(23-21-50)32-10-8-31(46)9-11-32)34-13-6-29(24-33(52)12-5-28)25-35(34)41(53)40-16-15-39(55-40)36-26-30(44(47,48)49)7-14-38(36)45/h4,6-11,13-16,25-26,33,37,52,54H,3,5,12,17-24,27H2,1-2H3. The van der Waals surface area contributed by atoms with Crippen molar-refractivity contribution in [2.75, 3.05) is 37.6 Å². The smallest absolute Gasteiger partial charge is 0.416 e. The van der Waals surface area contributed by atoms with E-state index in [-0.39, 0.29) is 33.8 Å². The van der Waals surface area contributed by atoms with E-state index in [1.54, 1.807) is 18.2 Å². The zero-order valence-corrected chi connectivity index (χ0v) is 31.9. The summed E-state index contributed by atoms with van der Waals surface area (Å²) < 4.78 is 60.3. The van der Waals surface area contributed by atoms with Crippen molar-refractivity contribution in [2.45, 2.75) is 82.6 Å². The largest absolute Gasteiger partial charge is 0.453 e. The maximum atomic E-state index is 14.5. The average Bonchev–Trinajstić information content (AvgIpc) is 3.73. The summed E-state index contributed by atoms with van der Waals surface area (Å²) in [6.45, 7) is 7.63. The maximum absolute atomic E-state index is 14.5. The molecular formula is C44H47ClF4N2O4. The van der Waals surface area contributed by atoms with Gasteiger partial charge in [0, 0.05) is 55.0 Å². The number of fused-ring (bicyclic) bond motifs is 8. The highest BCUT2D eigenvalue weighted by Gasteiger charge is 2.57. The molecule has 292 valence electrons. The summed E-state index contributed by atoms with van der Waals surface area (Å²) in [5.74, 6) is -0.918. The number of halogens is 5. The summed E-state index contributed by atoms with van der Waals surface area (Å²) in [4.78, 5) is 19.1. The SMILES string of the molecule is CC1=CCCC2(C)C(CCC2(O)CN2CCN(c3ccc(F)cc3)CC2)c2ccc(cc2C(=O)c2ccc(-c3cc(C(F)(F)F)ccc3Cl)o2)CC(O)CC1. The number of piperazine rings is 1. The second-order valence-corrected chi connectivity index (χ2v) is 16.3. The number of hydrogen-bond donors (Lipinski definition) is 2. The fraction of sp³-hybridized carbons (Fsp3) is 0.432. The van der Waals surface area contributed by atoms with E-state index in [2.05, 4.69) is 29.7 Å². The van der Waals surface area contributed by atoms with Gasteiger partial charge in [0.2, 0.25) is 5.78 Å². The first-order chi connectivity index (χ1) is 26.1. The van der Waals surface area contributed by atoms with Gasteiger partial charge in [-0.25, -0.2) is 4.39 Å². The number of furan rings is 1. The van der Waals surface area contributed by atoms with Gasteiger partial charge in [-0.2, -0.15) is 13.2 Å². The molecule has 1 aliphatic heterocycles. The van der Waals surface area contributed by atoms with Crippen molar-refractivity contribution in [1.29, 1.82) is 0 Å². The number of allylic oxidation sites excluding steroid dienone is 2. The van der Waals surface area contributed by atoms with E-state index in [1.165, 1.54) is 29.8 Å². The number of alkyl halides is 3. The van der Waals surface area contributed by atoms with Crippen molar-refractivity contribution in [3.8, 4) is 11.3 Å². The molecule has 2 bridgehead atoms. The predicted octanol–water partition coefficient (Wildman–Crippen LogP) is 9.85. The van der Waals surface area contributed by atoms with Gasteiger partial charge >= 0.3 is 6.18 Å². The lowest BCUT2D eigenvalue weighted by Crippen LogP contribution is -2.56. The van der Waals surface area contributed by atoms with E-state index in [0.29, 0.717) is 44.2 Å². The van der Waals surface area contributed by atoms with Crippen molar-refractivity contribution in [3.63, 3.8) is 0 Å². The highest BCUT2D eigenvalue weighted by Crippen LogP contribution is 2.59. The molecule has 1 aromatic heterocycles. The molecule has 1 saturated carbocycles. The summed E-state index contributed by atoms with van der Waals surface area (Å²) in [7, 11) is 0. The first-order valence-corrected chi connectivity index (χ1v) is 19.4. The van der Waals surface area contributed by atoms with Crippen LogP contribution in [0.15, 0.2) is 88.9 Å². The fourth-order valence-corrected chi connectivity index (χ4v) is 9.22. The van der Waals surface area contributed by atoms with Gasteiger partial charge in [-0.1, -0.05) is 42.3 Å². The molecule has 0 spiro atoms. The molecule has 55 heavy (non-hydrogen) atoms. The van der Waals surface area contributed by atoms with Crippen LogP contribution in [0.25, 0.3) is 11.3 Å². The third kappa shape index (κ3) is 8.15. The van der Waals surface area contributed by atoms with Crippen LogP contribution in [0.4, 0.5) is 23.2 Å². The van der Waals surface area contributed by atoms with Gasteiger partial charge in [-0.3, -0.25) is 9.69 Å².